The molecule has 3 heterocycles. The average molecular weight is 757 g/mol. The molecule has 6 rings (SSSR count). The van der Waals surface area contributed by atoms with Gasteiger partial charge in [0, 0.05) is 40.6 Å². The van der Waals surface area contributed by atoms with Crippen LogP contribution in [0, 0.1) is 5.41 Å². The maximum atomic E-state index is 14.7. The second-order valence-corrected chi connectivity index (χ2v) is 15.8. The van der Waals surface area contributed by atoms with Crippen LogP contribution in [-0.2, 0) is 35.2 Å². The number of hydrogen-bond donors (Lipinski definition) is 3. The minimum atomic E-state index is -1.11. The summed E-state index contributed by atoms with van der Waals surface area (Å²) >= 11 is 12.7. The number of likely N-dealkylation sites (tertiary alicyclic amines) is 1. The lowest BCUT2D eigenvalue weighted by atomic mass is 9.85. The number of halogens is 2. The van der Waals surface area contributed by atoms with E-state index in [4.69, 9.17) is 37.5 Å². The van der Waals surface area contributed by atoms with Crippen LogP contribution in [0.4, 0.5) is 0 Å². The summed E-state index contributed by atoms with van der Waals surface area (Å²) in [6.45, 7) is 7.30. The van der Waals surface area contributed by atoms with Crippen molar-refractivity contribution in [3.05, 3.63) is 57.6 Å². The fourth-order valence-corrected chi connectivity index (χ4v) is 7.12. The molecule has 0 radical (unpaired) electrons. The summed E-state index contributed by atoms with van der Waals surface area (Å²) in [5.74, 6) is -2.13. The first-order valence-electron chi connectivity index (χ1n) is 17.5. The Labute approximate surface area is 312 Å². The number of Topliss-reactive ketones (excluding diaryl/α,β-unsaturated/α-hetero) is 1. The molecule has 2 fully saturated rings. The van der Waals surface area contributed by atoms with E-state index in [0.29, 0.717) is 39.2 Å². The molecule has 1 saturated carbocycles. The topological polar surface area (TPSA) is 165 Å². The molecule has 4 atom stereocenters. The van der Waals surface area contributed by atoms with Crippen LogP contribution in [0.15, 0.2) is 41.6 Å². The Bertz CT molecular complexity index is 1810. The van der Waals surface area contributed by atoms with Gasteiger partial charge in [-0.15, -0.1) is 0 Å². The maximum Gasteiger partial charge on any atom is 0.289 e. The molecule has 1 saturated heterocycles. The predicted molar refractivity (Wildman–Crippen MR) is 192 cm³/mol. The van der Waals surface area contributed by atoms with E-state index in [0.717, 1.165) is 18.4 Å². The van der Waals surface area contributed by atoms with Gasteiger partial charge in [-0.3, -0.25) is 24.0 Å². The molecular weight excluding hydrogens is 713 g/mol. The minimum Gasteiger partial charge on any atom is -0.454 e. The smallest absolute Gasteiger partial charge is 0.289 e. The lowest BCUT2D eigenvalue weighted by Gasteiger charge is -2.35. The zero-order valence-corrected chi connectivity index (χ0v) is 31.1. The first-order chi connectivity index (χ1) is 24.7. The Hall–Kier alpha value is -4.36. The van der Waals surface area contributed by atoms with Crippen molar-refractivity contribution in [2.75, 3.05) is 13.3 Å². The normalized spacial score (nSPS) is 21.6. The number of hydrogen-bond acceptors (Lipinski definition) is 9. The van der Waals surface area contributed by atoms with Crippen LogP contribution in [0.5, 0.6) is 11.5 Å². The largest absolute Gasteiger partial charge is 0.454 e. The zero-order valence-electron chi connectivity index (χ0n) is 29.6. The third kappa shape index (κ3) is 8.31. The van der Waals surface area contributed by atoms with Gasteiger partial charge in [-0.05, 0) is 48.4 Å². The number of ether oxygens (including phenoxy) is 2. The van der Waals surface area contributed by atoms with E-state index in [1.165, 1.54) is 4.90 Å². The Morgan fingerprint density at radius 1 is 1.04 bits per heavy atom. The summed E-state index contributed by atoms with van der Waals surface area (Å²) in [7, 11) is 0. The summed E-state index contributed by atoms with van der Waals surface area (Å²) in [6.07, 6.45) is 2.55. The molecule has 52 heavy (non-hydrogen) atoms. The first-order valence-corrected chi connectivity index (χ1v) is 18.3. The molecule has 0 bridgehead atoms. The van der Waals surface area contributed by atoms with Crippen LogP contribution in [0.25, 0.3) is 0 Å². The summed E-state index contributed by atoms with van der Waals surface area (Å²) in [5.41, 5.74) is -0.0400. The summed E-state index contributed by atoms with van der Waals surface area (Å²) in [4.78, 5) is 75.8. The second-order valence-electron chi connectivity index (χ2n) is 15.0. The van der Waals surface area contributed by atoms with E-state index in [9.17, 15) is 24.0 Å². The maximum absolute atomic E-state index is 14.7. The molecular formula is C37H43Cl2N5O8. The van der Waals surface area contributed by atoms with Gasteiger partial charge in [0.25, 0.3) is 5.91 Å². The van der Waals surface area contributed by atoms with Gasteiger partial charge in [0.1, 0.15) is 12.1 Å². The molecule has 13 nitrogen and oxygen atoms in total. The molecule has 0 unspecified atom stereocenters. The number of carbonyl (C=O) groups is 5. The fourth-order valence-electron chi connectivity index (χ4n) is 6.71. The van der Waals surface area contributed by atoms with Crippen LogP contribution in [-0.4, -0.2) is 83.1 Å². The number of carbonyl (C=O) groups excluding carboxylic acids is 5. The van der Waals surface area contributed by atoms with Crippen molar-refractivity contribution < 1.29 is 38.3 Å². The highest BCUT2D eigenvalue weighted by Gasteiger charge is 2.55. The summed E-state index contributed by atoms with van der Waals surface area (Å²) < 4.78 is 10.8. The Balaban J connectivity index is 1.25. The number of rotatable bonds is 12. The summed E-state index contributed by atoms with van der Waals surface area (Å²) in [6, 6.07) is 7.06. The van der Waals surface area contributed by atoms with E-state index >= 15 is 0 Å². The van der Waals surface area contributed by atoms with E-state index in [2.05, 4.69) is 21.1 Å². The molecule has 2 aromatic carbocycles. The molecule has 4 aliphatic rings. The molecule has 278 valence electrons. The van der Waals surface area contributed by atoms with Crippen LogP contribution in [0.2, 0.25) is 10.0 Å². The van der Waals surface area contributed by atoms with Gasteiger partial charge in [0.15, 0.2) is 17.1 Å². The van der Waals surface area contributed by atoms with Crippen molar-refractivity contribution in [1.82, 2.24) is 20.9 Å². The van der Waals surface area contributed by atoms with E-state index in [1.807, 2.05) is 33.8 Å². The van der Waals surface area contributed by atoms with Gasteiger partial charge in [0.05, 0.1) is 24.7 Å². The van der Waals surface area contributed by atoms with Gasteiger partial charge in [-0.2, -0.15) is 0 Å². The van der Waals surface area contributed by atoms with Crippen molar-refractivity contribution in [3.63, 3.8) is 0 Å². The number of benzene rings is 2. The van der Waals surface area contributed by atoms with Crippen LogP contribution in [0.3, 0.4) is 0 Å². The number of oxime groups is 1. The van der Waals surface area contributed by atoms with E-state index in [1.54, 1.807) is 30.3 Å². The number of nitrogens with one attached hydrogen (secondary N) is 3. The SMILES string of the molecule is CCC[C@H](NC(=O)[C@@H]1C[C@]2(CC(c3cccc(Cl)c3)=NO2)CN1C(=O)[C@@H](NC(=O)Cc1cc2c(cc1Cl)OCO2)C(C)(C)C)C(=O)C(=O)NC1CC1. The Morgan fingerprint density at radius 2 is 1.77 bits per heavy atom. The number of fused-ring (bicyclic) bond motifs is 1. The highest BCUT2D eigenvalue weighted by Crippen LogP contribution is 2.41. The van der Waals surface area contributed by atoms with Crippen molar-refractivity contribution in [1.29, 1.82) is 0 Å². The van der Waals surface area contributed by atoms with Gasteiger partial charge in [-0.1, -0.05) is 74.6 Å². The third-order valence-electron chi connectivity index (χ3n) is 9.64. The average Bonchev–Trinajstić information content (AvgIpc) is 3.45. The van der Waals surface area contributed by atoms with Crippen LogP contribution in [0.1, 0.15) is 77.3 Å². The standard InChI is InChI=1S/C37H43Cl2N5O8/c1-5-7-25(31(46)34(48)40-23-10-11-23)41-33(47)27-17-37(16-26(43-52-37)20-8-6-9-22(38)12-20)18-44(27)35(49)32(36(2,3)4)42-30(45)14-21-13-28-29(15-24(21)39)51-19-50-28/h6,8-9,12-13,15,23,25,27,32H,5,7,10-11,14,16-19H2,1-4H3,(H,40,48)(H,41,47)(H,42,45)/t25-,27-,32+,37+/m0/s1. The van der Waals surface area contributed by atoms with Gasteiger partial charge < -0.3 is 35.2 Å². The van der Waals surface area contributed by atoms with Crippen molar-refractivity contribution in [3.8, 4) is 11.5 Å². The van der Waals surface area contributed by atoms with Crippen LogP contribution >= 0.6 is 23.2 Å². The number of amides is 4. The molecule has 3 N–H and O–H groups in total. The molecule has 1 spiro atoms. The number of nitrogens with zero attached hydrogens (tertiary/aromatic N) is 2. The van der Waals surface area contributed by atoms with E-state index in [-0.39, 0.29) is 45.1 Å². The first kappa shape index (κ1) is 37.4. The van der Waals surface area contributed by atoms with Gasteiger partial charge in [-0.25, -0.2) is 0 Å². The molecule has 15 heteroatoms. The monoisotopic (exact) mass is 755 g/mol. The number of ketones is 1. The molecule has 2 aromatic rings. The second kappa shape index (κ2) is 14.9. The van der Waals surface area contributed by atoms with Crippen molar-refractivity contribution in [2.24, 2.45) is 10.6 Å². The highest BCUT2D eigenvalue weighted by atomic mass is 35.5. The van der Waals surface area contributed by atoms with E-state index < -0.39 is 58.6 Å². The predicted octanol–water partition coefficient (Wildman–Crippen LogP) is 4.09. The van der Waals surface area contributed by atoms with Gasteiger partial charge in [0.2, 0.25) is 30.3 Å². The highest BCUT2D eigenvalue weighted by molar-refractivity contribution is 6.38. The molecule has 3 aliphatic heterocycles. The van der Waals surface area contributed by atoms with Gasteiger partial charge >= 0.3 is 0 Å². The van der Waals surface area contributed by atoms with Crippen molar-refractivity contribution >= 4 is 58.3 Å². The lowest BCUT2D eigenvalue weighted by molar-refractivity contribution is -0.145. The Morgan fingerprint density at radius 3 is 2.44 bits per heavy atom. The lowest BCUT2D eigenvalue weighted by Crippen LogP contribution is -2.59. The minimum absolute atomic E-state index is 0.0253. The molecule has 4 amide bonds. The quantitative estimate of drug-likeness (QED) is 0.273. The van der Waals surface area contributed by atoms with Crippen molar-refractivity contribution in [2.45, 2.75) is 102 Å². The molecule has 0 aromatic heterocycles. The third-order valence-corrected chi connectivity index (χ3v) is 10.2. The fraction of sp³-hybridized carbons (Fsp3) is 0.514. The molecule has 1 aliphatic carbocycles. The Kier molecular flexibility index (Phi) is 10.7. The summed E-state index contributed by atoms with van der Waals surface area (Å²) in [5, 5.41) is 13.5. The zero-order chi connectivity index (χ0) is 37.4. The van der Waals surface area contributed by atoms with Crippen LogP contribution < -0.4 is 25.4 Å².